The summed E-state index contributed by atoms with van der Waals surface area (Å²) in [6.07, 6.45) is -0.0442. The highest BCUT2D eigenvalue weighted by molar-refractivity contribution is 5.96. The number of amides is 3. The SMILES string of the molecule is N#CCCN(C(=O)CCC(=O)NNC(=O)c1ccc(COc2ccccc2)o1)c1ccccc1. The van der Waals surface area contributed by atoms with Crippen molar-refractivity contribution in [2.24, 2.45) is 0 Å². The van der Waals surface area contributed by atoms with Gasteiger partial charge >= 0.3 is 5.91 Å². The molecule has 0 radical (unpaired) electrons. The lowest BCUT2D eigenvalue weighted by molar-refractivity contribution is -0.125. The van der Waals surface area contributed by atoms with Crippen LogP contribution in [0.4, 0.5) is 5.69 Å². The van der Waals surface area contributed by atoms with Gasteiger partial charge in [-0.1, -0.05) is 36.4 Å². The van der Waals surface area contributed by atoms with E-state index in [9.17, 15) is 14.4 Å². The zero-order chi connectivity index (χ0) is 24.2. The molecule has 0 aliphatic rings. The molecule has 34 heavy (non-hydrogen) atoms. The zero-order valence-electron chi connectivity index (χ0n) is 18.4. The monoisotopic (exact) mass is 460 g/mol. The third-order valence-corrected chi connectivity index (χ3v) is 4.71. The second-order valence-electron chi connectivity index (χ2n) is 7.16. The van der Waals surface area contributed by atoms with E-state index in [1.807, 2.05) is 30.3 Å². The molecule has 0 bridgehead atoms. The normalized spacial score (nSPS) is 10.1. The van der Waals surface area contributed by atoms with Crippen LogP contribution < -0.4 is 20.5 Å². The molecule has 1 heterocycles. The Morgan fingerprint density at radius 1 is 0.912 bits per heavy atom. The van der Waals surface area contributed by atoms with Crippen LogP contribution in [0.3, 0.4) is 0 Å². The fourth-order valence-electron chi connectivity index (χ4n) is 3.02. The van der Waals surface area contributed by atoms with Crippen LogP contribution in [-0.4, -0.2) is 24.3 Å². The summed E-state index contributed by atoms with van der Waals surface area (Å²) in [4.78, 5) is 38.4. The summed E-state index contributed by atoms with van der Waals surface area (Å²) in [7, 11) is 0. The highest BCUT2D eigenvalue weighted by Crippen LogP contribution is 2.16. The average Bonchev–Trinajstić information content (AvgIpc) is 3.35. The van der Waals surface area contributed by atoms with Crippen LogP contribution in [0.2, 0.25) is 0 Å². The molecule has 2 aromatic carbocycles. The molecule has 174 valence electrons. The lowest BCUT2D eigenvalue weighted by Gasteiger charge is -2.21. The molecule has 0 saturated heterocycles. The molecule has 2 N–H and O–H groups in total. The number of furan rings is 1. The Bertz CT molecular complexity index is 1140. The summed E-state index contributed by atoms with van der Waals surface area (Å²) in [6.45, 7) is 0.377. The fourth-order valence-corrected chi connectivity index (χ4v) is 3.02. The highest BCUT2D eigenvalue weighted by atomic mass is 16.5. The van der Waals surface area contributed by atoms with Crippen LogP contribution in [0.25, 0.3) is 0 Å². The second kappa shape index (κ2) is 12.5. The molecule has 0 saturated carbocycles. The standard InChI is InChI=1S/C25H24N4O5/c26-16-7-17-29(19-8-3-1-4-9-19)24(31)15-14-23(30)27-28-25(32)22-13-12-21(34-22)18-33-20-10-5-2-6-11-20/h1-6,8-13H,7,14-15,17-18H2,(H,27,30)(H,28,32). The molecule has 1 aromatic heterocycles. The number of carbonyl (C=O) groups excluding carboxylic acids is 3. The van der Waals surface area contributed by atoms with Gasteiger partial charge in [-0.15, -0.1) is 0 Å². The lowest BCUT2D eigenvalue weighted by atomic mass is 10.2. The summed E-state index contributed by atoms with van der Waals surface area (Å²) < 4.78 is 11.0. The molecule has 0 fully saturated rings. The molecule has 0 aliphatic heterocycles. The van der Waals surface area contributed by atoms with Crippen LogP contribution in [0, 0.1) is 11.3 Å². The summed E-state index contributed by atoms with van der Waals surface area (Å²) in [5.74, 6) is -0.332. The molecular weight excluding hydrogens is 436 g/mol. The molecule has 3 aromatic rings. The first kappa shape index (κ1) is 24.1. The van der Waals surface area contributed by atoms with Gasteiger partial charge in [-0.3, -0.25) is 25.2 Å². The van der Waals surface area contributed by atoms with Crippen molar-refractivity contribution in [1.82, 2.24) is 10.9 Å². The van der Waals surface area contributed by atoms with Gasteiger partial charge in [0.25, 0.3) is 0 Å². The number of nitrogens with one attached hydrogen (secondary N) is 2. The van der Waals surface area contributed by atoms with Gasteiger partial charge in [0.05, 0.1) is 12.5 Å². The molecular formula is C25H24N4O5. The highest BCUT2D eigenvalue weighted by Gasteiger charge is 2.17. The number of carbonyl (C=O) groups is 3. The van der Waals surface area contributed by atoms with E-state index in [4.69, 9.17) is 14.4 Å². The van der Waals surface area contributed by atoms with Gasteiger partial charge in [0.2, 0.25) is 11.8 Å². The maximum atomic E-state index is 12.6. The van der Waals surface area contributed by atoms with Crippen molar-refractivity contribution in [3.05, 3.63) is 84.3 Å². The van der Waals surface area contributed by atoms with Gasteiger partial charge in [-0.05, 0) is 36.4 Å². The number of ether oxygens (including phenoxy) is 1. The van der Waals surface area contributed by atoms with Gasteiger partial charge in [0.15, 0.2) is 5.76 Å². The summed E-state index contributed by atoms with van der Waals surface area (Å²) >= 11 is 0. The van der Waals surface area contributed by atoms with Gasteiger partial charge in [0, 0.05) is 25.1 Å². The van der Waals surface area contributed by atoms with Crippen LogP contribution >= 0.6 is 0 Å². The number of rotatable bonds is 10. The average molecular weight is 460 g/mol. The quantitative estimate of drug-likeness (QED) is 0.447. The zero-order valence-corrected chi connectivity index (χ0v) is 18.4. The number of nitriles is 1. The molecule has 3 amide bonds. The Labute approximate surface area is 196 Å². The number of hydrogen-bond acceptors (Lipinski definition) is 6. The summed E-state index contributed by atoms with van der Waals surface area (Å²) in [5.41, 5.74) is 5.19. The topological polar surface area (TPSA) is 125 Å². The van der Waals surface area contributed by atoms with Gasteiger partial charge in [-0.25, -0.2) is 0 Å². The number of anilines is 1. The van der Waals surface area contributed by atoms with Crippen molar-refractivity contribution in [2.75, 3.05) is 11.4 Å². The Morgan fingerprint density at radius 3 is 2.32 bits per heavy atom. The van der Waals surface area contributed by atoms with Gasteiger partial charge in [0.1, 0.15) is 18.1 Å². The Balaban J connectivity index is 1.43. The summed E-state index contributed by atoms with van der Waals surface area (Å²) in [5, 5.41) is 8.85. The van der Waals surface area contributed by atoms with E-state index >= 15 is 0 Å². The maximum Gasteiger partial charge on any atom is 0.305 e. The molecule has 9 heteroatoms. The third kappa shape index (κ3) is 7.24. The van der Waals surface area contributed by atoms with Crippen molar-refractivity contribution in [3.63, 3.8) is 0 Å². The van der Waals surface area contributed by atoms with Crippen LogP contribution in [0.15, 0.2) is 77.2 Å². The minimum Gasteiger partial charge on any atom is -0.486 e. The van der Waals surface area contributed by atoms with E-state index in [-0.39, 0.29) is 44.1 Å². The van der Waals surface area contributed by atoms with Gasteiger partial charge < -0.3 is 14.1 Å². The molecule has 0 spiro atoms. The minimum absolute atomic E-state index is 0.00907. The van der Waals surface area contributed by atoms with E-state index < -0.39 is 11.8 Å². The van der Waals surface area contributed by atoms with E-state index in [1.54, 1.807) is 42.5 Å². The number of para-hydroxylation sites is 2. The van der Waals surface area contributed by atoms with Crippen molar-refractivity contribution >= 4 is 23.4 Å². The number of nitrogens with zero attached hydrogens (tertiary/aromatic N) is 2. The first-order valence-electron chi connectivity index (χ1n) is 10.6. The smallest absolute Gasteiger partial charge is 0.305 e. The minimum atomic E-state index is -0.634. The Hall–Kier alpha value is -4.58. The first-order valence-corrected chi connectivity index (χ1v) is 10.6. The van der Waals surface area contributed by atoms with Crippen molar-refractivity contribution in [1.29, 1.82) is 5.26 Å². The van der Waals surface area contributed by atoms with Crippen molar-refractivity contribution in [2.45, 2.75) is 25.9 Å². The molecule has 0 aliphatic carbocycles. The number of hydrogen-bond donors (Lipinski definition) is 2. The maximum absolute atomic E-state index is 12.6. The third-order valence-electron chi connectivity index (χ3n) is 4.71. The van der Waals surface area contributed by atoms with Crippen LogP contribution in [0.1, 0.15) is 35.6 Å². The van der Waals surface area contributed by atoms with E-state index in [2.05, 4.69) is 10.9 Å². The Morgan fingerprint density at radius 2 is 1.62 bits per heavy atom. The van der Waals surface area contributed by atoms with E-state index in [0.29, 0.717) is 17.2 Å². The molecule has 0 unspecified atom stereocenters. The summed E-state index contributed by atoms with van der Waals surface area (Å²) in [6, 6.07) is 23.2. The predicted octanol–water partition coefficient (Wildman–Crippen LogP) is 3.35. The van der Waals surface area contributed by atoms with Crippen molar-refractivity contribution in [3.8, 4) is 11.8 Å². The largest absolute Gasteiger partial charge is 0.486 e. The van der Waals surface area contributed by atoms with Crippen LogP contribution in [0.5, 0.6) is 5.75 Å². The van der Waals surface area contributed by atoms with E-state index in [1.165, 1.54) is 11.0 Å². The van der Waals surface area contributed by atoms with E-state index in [0.717, 1.165) is 0 Å². The molecule has 0 atom stereocenters. The van der Waals surface area contributed by atoms with Gasteiger partial charge in [-0.2, -0.15) is 5.26 Å². The number of benzene rings is 2. The van der Waals surface area contributed by atoms with Crippen LogP contribution in [-0.2, 0) is 16.2 Å². The Kier molecular flexibility index (Phi) is 8.82. The first-order chi connectivity index (χ1) is 16.6. The lowest BCUT2D eigenvalue weighted by Crippen LogP contribution is -2.42. The van der Waals surface area contributed by atoms with Crippen molar-refractivity contribution < 1.29 is 23.5 Å². The molecule has 9 nitrogen and oxygen atoms in total. The number of hydrazine groups is 1. The molecule has 3 rings (SSSR count). The second-order valence-corrected chi connectivity index (χ2v) is 7.16. The fraction of sp³-hybridized carbons (Fsp3) is 0.200. The predicted molar refractivity (Wildman–Crippen MR) is 123 cm³/mol.